The zero-order valence-electron chi connectivity index (χ0n) is 25.9. The molecule has 3 fully saturated rings. The van der Waals surface area contributed by atoms with Crippen LogP contribution in [-0.2, 0) is 33.3 Å². The standard InChI is InChI=1S/C32H46N2O7S/c1-20(2)8-13-25-31(6,41-25)29-28(38-7)23(14-15-32(29)19-40-32)34-27(37)18-42-22-11-9-21(10-12-22)33-26(36)17-39-16-24(35)30(3,4)5/h8-12,23,25,28-29H,13-19H2,1-7H3,(H,33,36)(H,34,37)/t23-,25-,28-,29-,31?,32+/m1/s1. The highest BCUT2D eigenvalue weighted by atomic mass is 32.2. The number of amides is 2. The summed E-state index contributed by atoms with van der Waals surface area (Å²) in [6.45, 7) is 12.2. The van der Waals surface area contributed by atoms with Crippen LogP contribution in [0.15, 0.2) is 40.8 Å². The molecule has 42 heavy (non-hydrogen) atoms. The van der Waals surface area contributed by atoms with Crippen molar-refractivity contribution in [2.24, 2.45) is 11.3 Å². The highest BCUT2D eigenvalue weighted by Crippen LogP contribution is 2.59. The quantitative estimate of drug-likeness (QED) is 0.192. The Morgan fingerprint density at radius 3 is 2.40 bits per heavy atom. The number of thioether (sulfide) groups is 1. The predicted molar refractivity (Wildman–Crippen MR) is 163 cm³/mol. The van der Waals surface area contributed by atoms with E-state index in [2.05, 4.69) is 37.5 Å². The van der Waals surface area contributed by atoms with Crippen LogP contribution >= 0.6 is 11.8 Å². The number of hydrogen-bond acceptors (Lipinski definition) is 8. The van der Waals surface area contributed by atoms with Crippen LogP contribution in [0.2, 0.25) is 0 Å². The molecular formula is C32H46N2O7S. The van der Waals surface area contributed by atoms with Crippen molar-refractivity contribution in [3.05, 3.63) is 35.9 Å². The molecule has 0 aromatic heterocycles. The smallest absolute Gasteiger partial charge is 0.250 e. The van der Waals surface area contributed by atoms with Crippen LogP contribution in [0.25, 0.3) is 0 Å². The molecule has 1 unspecified atom stereocenters. The van der Waals surface area contributed by atoms with E-state index in [-0.39, 0.29) is 71.9 Å². The van der Waals surface area contributed by atoms with Gasteiger partial charge >= 0.3 is 0 Å². The molecule has 2 heterocycles. The maximum atomic E-state index is 13.0. The highest BCUT2D eigenvalue weighted by Gasteiger charge is 2.71. The van der Waals surface area contributed by atoms with Gasteiger partial charge in [0.25, 0.3) is 0 Å². The zero-order valence-corrected chi connectivity index (χ0v) is 26.7. The van der Waals surface area contributed by atoms with E-state index < -0.39 is 5.41 Å². The molecule has 1 aromatic rings. The van der Waals surface area contributed by atoms with Crippen molar-refractivity contribution < 1.29 is 33.3 Å². The lowest BCUT2D eigenvalue weighted by atomic mass is 9.67. The number of methoxy groups -OCH3 is 1. The molecule has 1 aromatic carbocycles. The number of rotatable bonds is 13. The third-order valence-corrected chi connectivity index (χ3v) is 9.46. The molecule has 3 aliphatic rings. The van der Waals surface area contributed by atoms with Crippen molar-refractivity contribution in [2.75, 3.05) is 38.0 Å². The number of Topliss-reactive ketones (excluding diaryl/α,β-unsaturated/α-hetero) is 1. The van der Waals surface area contributed by atoms with Gasteiger partial charge in [-0.2, -0.15) is 0 Å². The van der Waals surface area contributed by atoms with E-state index >= 15 is 0 Å². The number of benzene rings is 1. The number of carbonyl (C=O) groups excluding carboxylic acids is 3. The molecule has 1 saturated carbocycles. The lowest BCUT2D eigenvalue weighted by Crippen LogP contribution is -2.59. The first kappa shape index (κ1) is 32.7. The SMILES string of the molecule is CO[C@H]1[C@H](C2(C)O[C@@H]2CC=C(C)C)[C@]2(CC[C@H]1NC(=O)CSc1ccc(NC(=O)COCC(=O)C(C)(C)C)cc1)CO2. The molecule has 2 amide bonds. The second kappa shape index (κ2) is 13.2. The number of carbonyl (C=O) groups is 3. The molecule has 2 N–H and O–H groups in total. The summed E-state index contributed by atoms with van der Waals surface area (Å²) in [4.78, 5) is 38.0. The van der Waals surface area contributed by atoms with Gasteiger partial charge in [-0.3, -0.25) is 14.4 Å². The molecule has 0 bridgehead atoms. The Labute approximate surface area is 253 Å². The van der Waals surface area contributed by atoms with E-state index in [1.165, 1.54) is 17.3 Å². The van der Waals surface area contributed by atoms with Crippen molar-refractivity contribution in [2.45, 2.75) is 95.2 Å². The van der Waals surface area contributed by atoms with Crippen LogP contribution in [0.5, 0.6) is 0 Å². The van der Waals surface area contributed by atoms with E-state index in [1.807, 2.05) is 32.9 Å². The number of ether oxygens (including phenoxy) is 4. The fourth-order valence-corrected chi connectivity index (χ4v) is 6.53. The fraction of sp³-hybridized carbons (Fsp3) is 0.656. The largest absolute Gasteiger partial charge is 0.379 e. The Morgan fingerprint density at radius 2 is 1.81 bits per heavy atom. The Bertz CT molecular complexity index is 1170. The van der Waals surface area contributed by atoms with E-state index in [0.717, 1.165) is 24.2 Å². The third kappa shape index (κ3) is 8.02. The molecule has 1 aliphatic carbocycles. The summed E-state index contributed by atoms with van der Waals surface area (Å²) in [5.41, 5.74) is 0.825. The average Bonchev–Trinajstić information content (AvgIpc) is 3.84. The van der Waals surface area contributed by atoms with Crippen LogP contribution in [0, 0.1) is 11.3 Å². The number of epoxide rings is 2. The molecule has 10 heteroatoms. The lowest BCUT2D eigenvalue weighted by molar-refractivity contribution is -0.133. The molecular weight excluding hydrogens is 556 g/mol. The summed E-state index contributed by atoms with van der Waals surface area (Å²) in [5, 5.41) is 5.98. The first-order valence-electron chi connectivity index (χ1n) is 14.7. The van der Waals surface area contributed by atoms with E-state index in [0.29, 0.717) is 12.3 Å². The predicted octanol–water partition coefficient (Wildman–Crippen LogP) is 4.54. The molecule has 0 radical (unpaired) electrons. The van der Waals surface area contributed by atoms with Gasteiger partial charge in [0.1, 0.15) is 18.8 Å². The van der Waals surface area contributed by atoms with Gasteiger partial charge in [0.05, 0.1) is 36.2 Å². The van der Waals surface area contributed by atoms with E-state index in [4.69, 9.17) is 18.9 Å². The number of nitrogens with one attached hydrogen (secondary N) is 2. The van der Waals surface area contributed by atoms with E-state index in [9.17, 15) is 14.4 Å². The maximum Gasteiger partial charge on any atom is 0.250 e. The maximum absolute atomic E-state index is 13.0. The van der Waals surface area contributed by atoms with Crippen LogP contribution < -0.4 is 10.6 Å². The van der Waals surface area contributed by atoms with Gasteiger partial charge in [-0.05, 0) is 64.3 Å². The molecule has 2 saturated heterocycles. The van der Waals surface area contributed by atoms with Crippen LogP contribution in [0.3, 0.4) is 0 Å². The Balaban J connectivity index is 1.24. The van der Waals surface area contributed by atoms with Crippen LogP contribution in [-0.4, -0.2) is 79.7 Å². The normalized spacial score (nSPS) is 30.0. The molecule has 232 valence electrons. The summed E-state index contributed by atoms with van der Waals surface area (Å²) in [5.74, 6) is -0.137. The Kier molecular flexibility index (Phi) is 10.2. The monoisotopic (exact) mass is 602 g/mol. The van der Waals surface area contributed by atoms with Gasteiger partial charge < -0.3 is 29.6 Å². The minimum absolute atomic E-state index is 0.0457. The van der Waals surface area contributed by atoms with Crippen LogP contribution in [0.4, 0.5) is 5.69 Å². The Morgan fingerprint density at radius 1 is 1.12 bits per heavy atom. The summed E-state index contributed by atoms with van der Waals surface area (Å²) >= 11 is 1.43. The van der Waals surface area contributed by atoms with Crippen molar-refractivity contribution in [3.63, 3.8) is 0 Å². The van der Waals surface area contributed by atoms with Gasteiger partial charge in [0.2, 0.25) is 11.8 Å². The molecule has 6 atom stereocenters. The summed E-state index contributed by atoms with van der Waals surface area (Å²) in [7, 11) is 1.71. The van der Waals surface area contributed by atoms with Gasteiger partial charge in [0, 0.05) is 29.0 Å². The highest BCUT2D eigenvalue weighted by molar-refractivity contribution is 8.00. The number of allylic oxidation sites excluding steroid dienone is 1. The van der Waals surface area contributed by atoms with Gasteiger partial charge in [-0.15, -0.1) is 11.8 Å². The third-order valence-electron chi connectivity index (χ3n) is 8.45. The summed E-state index contributed by atoms with van der Waals surface area (Å²) in [6.07, 6.45) is 4.67. The molecule has 1 spiro atoms. The topological polar surface area (TPSA) is 119 Å². The minimum Gasteiger partial charge on any atom is -0.379 e. The second-order valence-electron chi connectivity index (χ2n) is 13.1. The van der Waals surface area contributed by atoms with Gasteiger partial charge in [-0.25, -0.2) is 0 Å². The summed E-state index contributed by atoms with van der Waals surface area (Å²) in [6, 6.07) is 7.16. The van der Waals surface area contributed by atoms with Gasteiger partial charge in [0.15, 0.2) is 5.78 Å². The number of anilines is 1. The second-order valence-corrected chi connectivity index (χ2v) is 14.1. The zero-order chi connectivity index (χ0) is 30.7. The van der Waals surface area contributed by atoms with E-state index in [1.54, 1.807) is 19.2 Å². The number of ketones is 1. The average molecular weight is 603 g/mol. The molecule has 9 nitrogen and oxygen atoms in total. The number of hydrogen-bond donors (Lipinski definition) is 2. The fourth-order valence-electron chi connectivity index (χ4n) is 5.82. The molecule has 2 aliphatic heterocycles. The van der Waals surface area contributed by atoms with Crippen molar-refractivity contribution >= 4 is 35.0 Å². The van der Waals surface area contributed by atoms with Crippen molar-refractivity contribution in [1.29, 1.82) is 0 Å². The summed E-state index contributed by atoms with van der Waals surface area (Å²) < 4.78 is 23.6. The van der Waals surface area contributed by atoms with Crippen LogP contribution in [0.1, 0.15) is 60.8 Å². The van der Waals surface area contributed by atoms with Crippen molar-refractivity contribution in [1.82, 2.24) is 5.32 Å². The van der Waals surface area contributed by atoms with Crippen molar-refractivity contribution in [3.8, 4) is 0 Å². The Hall–Kier alpha value is -2.24. The van der Waals surface area contributed by atoms with Gasteiger partial charge in [-0.1, -0.05) is 32.4 Å². The minimum atomic E-state index is -0.502. The first-order valence-corrected chi connectivity index (χ1v) is 15.7. The lowest BCUT2D eigenvalue weighted by Gasteiger charge is -2.43. The first-order chi connectivity index (χ1) is 19.8. The molecule has 4 rings (SSSR count).